The minimum atomic E-state index is -1.59. The number of aliphatic carboxylic acids is 2. The van der Waals surface area contributed by atoms with Gasteiger partial charge in [-0.25, -0.2) is 9.78 Å². The standard InChI is InChI=1S/C26H20Cl2N6O10S2.2Na/c1-8(24(39)40)43-33-16(14-7-46-26(29)30-14)21(37)31-17-22(38)34-18(25(41)42)9(6-45-23(17)34)2-3-10-4-13(32-44-10)11-5-12(27)19(35)20(36)15(11)28;;/h2-5,7-8,17,23,35-36H,6H2,1H3,(H2,29,30)(H,31,37)(H,39,40)(H,41,42);;/q;2*+1/p-2/b3-2+,33-16-;;. The van der Waals surface area contributed by atoms with Gasteiger partial charge in [0.2, 0.25) is 0 Å². The van der Waals surface area contributed by atoms with Gasteiger partial charge >= 0.3 is 65.1 Å². The van der Waals surface area contributed by atoms with E-state index in [1.54, 1.807) is 0 Å². The number of β-lactam (4-membered cyclic amide) rings is 1. The summed E-state index contributed by atoms with van der Waals surface area (Å²) in [7, 11) is 0. The fourth-order valence-corrected chi connectivity index (χ4v) is 6.52. The Labute approximate surface area is 332 Å². The number of carboxylic acids is 2. The van der Waals surface area contributed by atoms with Gasteiger partial charge < -0.3 is 45.6 Å². The molecular weight excluding hydrogens is 737 g/mol. The first-order valence-corrected chi connectivity index (χ1v) is 15.4. The summed E-state index contributed by atoms with van der Waals surface area (Å²) in [6.45, 7) is 1.13. The predicted octanol–water partition coefficient (Wildman–Crippen LogP) is -5.21. The van der Waals surface area contributed by atoms with E-state index < -0.39 is 58.5 Å². The topological polar surface area (TPSA) is 257 Å². The molecule has 0 radical (unpaired) electrons. The summed E-state index contributed by atoms with van der Waals surface area (Å²) in [5.41, 5.74) is 5.32. The van der Waals surface area contributed by atoms with Crippen molar-refractivity contribution in [2.24, 2.45) is 5.16 Å². The number of thioether (sulfide) groups is 1. The van der Waals surface area contributed by atoms with E-state index in [0.29, 0.717) is 0 Å². The predicted molar refractivity (Wildman–Crippen MR) is 160 cm³/mol. The number of allylic oxidation sites excluding steroid dienone is 1. The van der Waals surface area contributed by atoms with Crippen molar-refractivity contribution in [3.05, 3.63) is 56.4 Å². The maximum atomic E-state index is 13.1. The van der Waals surface area contributed by atoms with Crippen LogP contribution in [0.1, 0.15) is 18.4 Å². The van der Waals surface area contributed by atoms with Gasteiger partial charge in [-0.3, -0.25) is 14.5 Å². The number of halogens is 2. The molecule has 3 atom stereocenters. The van der Waals surface area contributed by atoms with E-state index in [1.807, 2.05) is 0 Å². The van der Waals surface area contributed by atoms with Gasteiger partial charge in [0.15, 0.2) is 22.7 Å². The molecule has 2 aliphatic heterocycles. The number of hydrogen-bond donors (Lipinski definition) is 4. The molecule has 16 nitrogen and oxygen atoms in total. The van der Waals surface area contributed by atoms with Crippen molar-refractivity contribution in [3.8, 4) is 22.8 Å². The van der Waals surface area contributed by atoms with E-state index in [1.165, 1.54) is 41.4 Å². The second kappa shape index (κ2) is 16.3. The summed E-state index contributed by atoms with van der Waals surface area (Å²) in [4.78, 5) is 59.4. The number of carboxylic acid groups (broad SMARTS) is 2. The molecule has 0 aliphatic carbocycles. The fraction of sp³-hybridized carbons (Fsp3) is 0.192. The van der Waals surface area contributed by atoms with Crippen LogP contribution < -0.4 is 80.4 Å². The Balaban J connectivity index is 0.00000312. The van der Waals surface area contributed by atoms with Crippen LogP contribution in [0.5, 0.6) is 11.5 Å². The summed E-state index contributed by atoms with van der Waals surface area (Å²) in [5, 5.41) is 52.7. The molecule has 48 heavy (non-hydrogen) atoms. The average Bonchev–Trinajstić information content (AvgIpc) is 3.67. The van der Waals surface area contributed by atoms with E-state index >= 15 is 0 Å². The van der Waals surface area contributed by atoms with Crippen LogP contribution in [-0.2, 0) is 24.0 Å². The van der Waals surface area contributed by atoms with Gasteiger partial charge in [-0.2, -0.15) is 0 Å². The minimum absolute atomic E-state index is 0. The first kappa shape index (κ1) is 39.7. The number of nitrogens with two attached hydrogens (primary N) is 1. The number of phenols is 1. The summed E-state index contributed by atoms with van der Waals surface area (Å²) >= 11 is 14.1. The molecule has 1 fully saturated rings. The largest absolute Gasteiger partial charge is 1.00 e. The van der Waals surface area contributed by atoms with Crippen molar-refractivity contribution in [1.82, 2.24) is 20.4 Å². The van der Waals surface area contributed by atoms with E-state index in [4.69, 9.17) is 38.3 Å². The van der Waals surface area contributed by atoms with Gasteiger partial charge in [0.05, 0.1) is 11.0 Å². The third-order valence-corrected chi connectivity index (χ3v) is 9.14. The number of oxime groups is 1. The van der Waals surface area contributed by atoms with Gasteiger partial charge in [0, 0.05) is 27.8 Å². The first-order chi connectivity index (χ1) is 21.8. The van der Waals surface area contributed by atoms with Crippen LogP contribution >= 0.6 is 46.3 Å². The average molecular weight is 755 g/mol. The van der Waals surface area contributed by atoms with Crippen LogP contribution in [-0.4, -0.2) is 78.0 Å². The molecule has 3 unspecified atom stereocenters. The summed E-state index contributed by atoms with van der Waals surface area (Å²) < 4.78 is 5.25. The summed E-state index contributed by atoms with van der Waals surface area (Å²) in [5.74, 6) is -6.02. The van der Waals surface area contributed by atoms with Gasteiger partial charge in [-0.05, 0) is 30.4 Å². The zero-order valence-corrected chi connectivity index (χ0v) is 32.1. The normalized spacial score (nSPS) is 17.9. The zero-order valence-electron chi connectivity index (χ0n) is 24.9. The number of fused-ring (bicyclic) bond motifs is 1. The molecule has 5 rings (SSSR count). The molecule has 2 aliphatic rings. The van der Waals surface area contributed by atoms with Gasteiger partial charge in [0.25, 0.3) is 11.8 Å². The molecule has 2 amide bonds. The fourth-order valence-electron chi connectivity index (χ4n) is 4.22. The van der Waals surface area contributed by atoms with E-state index in [-0.39, 0.29) is 114 Å². The number of phenolic OH excluding ortho intramolecular Hbond substituents is 1. The monoisotopic (exact) mass is 754 g/mol. The molecule has 0 saturated carbocycles. The quantitative estimate of drug-likeness (QED) is 0.0653. The number of amides is 2. The number of thiazole rings is 1. The second-order valence-electron chi connectivity index (χ2n) is 9.46. The summed E-state index contributed by atoms with van der Waals surface area (Å²) in [6, 6.07) is 1.46. The number of nitrogens with zero attached hydrogens (tertiary/aromatic N) is 4. The number of benzene rings is 1. The smallest absolute Gasteiger partial charge is 0.869 e. The molecule has 0 spiro atoms. The summed E-state index contributed by atoms with van der Waals surface area (Å²) in [6.07, 6.45) is 1.30. The SMILES string of the molecule is CC(O/N=C(\C(=O)NC1C(=O)N2C(C(=O)O)=C(/C=C/c3cc(-c4cc(Cl)c([O-])c(O)c4Cl)no3)CSC12)c1csc(N)n1)C(=O)[O-].[Na+].[Na+]. The third-order valence-electron chi connectivity index (χ3n) is 6.50. The van der Waals surface area contributed by atoms with Crippen molar-refractivity contribution >= 4 is 87.0 Å². The van der Waals surface area contributed by atoms with Crippen LogP contribution in [0.25, 0.3) is 17.3 Å². The molecule has 1 saturated heterocycles. The number of aromatic nitrogens is 2. The first-order valence-electron chi connectivity index (χ1n) is 12.7. The Hall–Kier alpha value is -2.78. The number of rotatable bonds is 10. The number of carbonyl (C=O) groups excluding carboxylic acids is 3. The van der Waals surface area contributed by atoms with Gasteiger partial charge in [-0.1, -0.05) is 39.6 Å². The molecule has 22 heteroatoms. The molecule has 240 valence electrons. The van der Waals surface area contributed by atoms with Crippen molar-refractivity contribution in [2.75, 3.05) is 11.5 Å². The maximum Gasteiger partial charge on any atom is 1.00 e. The number of aromatic hydroxyl groups is 1. The van der Waals surface area contributed by atoms with E-state index in [0.717, 1.165) is 23.2 Å². The number of hydrogen-bond acceptors (Lipinski definition) is 15. The van der Waals surface area contributed by atoms with Crippen molar-refractivity contribution < 1.29 is 108 Å². The number of nitrogens with one attached hydrogen (secondary N) is 1. The van der Waals surface area contributed by atoms with Crippen LogP contribution in [0.3, 0.4) is 0 Å². The number of anilines is 1. The van der Waals surface area contributed by atoms with Crippen molar-refractivity contribution in [1.29, 1.82) is 0 Å². The zero-order chi connectivity index (χ0) is 33.4. The van der Waals surface area contributed by atoms with Gasteiger partial charge in [-0.15, -0.1) is 23.1 Å². The second-order valence-corrected chi connectivity index (χ2v) is 12.2. The van der Waals surface area contributed by atoms with Crippen molar-refractivity contribution in [3.63, 3.8) is 0 Å². The Morgan fingerprint density at radius 1 is 1.29 bits per heavy atom. The number of carbonyl (C=O) groups is 4. The maximum absolute atomic E-state index is 13.1. The molecule has 3 aromatic rings. The molecule has 4 heterocycles. The molecule has 2 aromatic heterocycles. The van der Waals surface area contributed by atoms with Crippen LogP contribution in [0.4, 0.5) is 5.13 Å². The Morgan fingerprint density at radius 2 is 2.00 bits per heavy atom. The molecule has 0 bridgehead atoms. The molecule has 5 N–H and O–H groups in total. The van der Waals surface area contributed by atoms with Crippen LogP contribution in [0.2, 0.25) is 10.0 Å². The Kier molecular flexibility index (Phi) is 13.5. The Morgan fingerprint density at radius 3 is 2.62 bits per heavy atom. The molecular formula is C26H18Cl2N6Na2O10S2. The van der Waals surface area contributed by atoms with E-state index in [9.17, 15) is 39.6 Å². The Bertz CT molecular complexity index is 1880. The minimum Gasteiger partial charge on any atom is -0.869 e. The van der Waals surface area contributed by atoms with Crippen molar-refractivity contribution in [2.45, 2.75) is 24.4 Å². The third kappa shape index (κ3) is 7.99. The van der Waals surface area contributed by atoms with E-state index in [2.05, 4.69) is 20.6 Å². The van der Waals surface area contributed by atoms with Gasteiger partial charge in [0.1, 0.15) is 34.3 Å². The van der Waals surface area contributed by atoms with Crippen LogP contribution in [0.15, 0.2) is 44.5 Å². The molecule has 1 aromatic carbocycles. The van der Waals surface area contributed by atoms with Crippen LogP contribution in [0, 0.1) is 0 Å². The number of nitrogen functional groups attached to an aromatic ring is 1.